The van der Waals surface area contributed by atoms with E-state index < -0.39 is 0 Å². The maximum atomic E-state index is 11.3. The van der Waals surface area contributed by atoms with Crippen molar-refractivity contribution in [1.82, 2.24) is 0 Å². The molecule has 0 spiro atoms. The number of rotatable bonds is 2. The van der Waals surface area contributed by atoms with Gasteiger partial charge in [-0.15, -0.1) is 0 Å². The molecule has 2 aromatic rings. The van der Waals surface area contributed by atoms with Gasteiger partial charge >= 0.3 is 0 Å². The normalized spacial score (nSPS) is 10.3. The zero-order valence-corrected chi connectivity index (χ0v) is 10.7. The Balaban J connectivity index is 2.61. The summed E-state index contributed by atoms with van der Waals surface area (Å²) in [5.74, 6) is -0.0478. The fraction of sp³-hybridized carbons (Fsp3) is 0.0714. The summed E-state index contributed by atoms with van der Waals surface area (Å²) in [6, 6.07) is 12.9. The lowest BCUT2D eigenvalue weighted by molar-refractivity contribution is 0.101. The topological polar surface area (TPSA) is 17.1 Å². The lowest BCUT2D eigenvalue weighted by atomic mass is 10.0. The highest BCUT2D eigenvalue weighted by atomic mass is 35.5. The maximum absolute atomic E-state index is 11.3. The first-order valence-corrected chi connectivity index (χ1v) is 5.90. The molecule has 0 unspecified atom stereocenters. The number of benzene rings is 2. The van der Waals surface area contributed by atoms with Gasteiger partial charge in [-0.05, 0) is 24.6 Å². The first-order chi connectivity index (χ1) is 8.09. The van der Waals surface area contributed by atoms with Crippen molar-refractivity contribution in [1.29, 1.82) is 0 Å². The Labute approximate surface area is 110 Å². The van der Waals surface area contributed by atoms with E-state index in [1.807, 2.05) is 30.3 Å². The zero-order chi connectivity index (χ0) is 12.4. The van der Waals surface area contributed by atoms with Crippen LogP contribution in [-0.2, 0) is 0 Å². The van der Waals surface area contributed by atoms with Crippen molar-refractivity contribution in [3.05, 3.63) is 58.1 Å². The van der Waals surface area contributed by atoms with Crippen LogP contribution in [0.1, 0.15) is 17.3 Å². The van der Waals surface area contributed by atoms with Crippen molar-refractivity contribution in [2.75, 3.05) is 0 Å². The maximum Gasteiger partial charge on any atom is 0.159 e. The molecule has 3 heteroatoms. The number of halogens is 2. The smallest absolute Gasteiger partial charge is 0.159 e. The molecule has 0 saturated heterocycles. The molecular weight excluding hydrogens is 255 g/mol. The Bertz CT molecular complexity index is 539. The number of Topliss-reactive ketones (excluding diaryl/α,β-unsaturated/α-hetero) is 1. The molecule has 0 aliphatic carbocycles. The van der Waals surface area contributed by atoms with E-state index in [1.54, 1.807) is 12.1 Å². The molecule has 0 saturated carbocycles. The van der Waals surface area contributed by atoms with Crippen molar-refractivity contribution < 1.29 is 4.79 Å². The average Bonchev–Trinajstić information content (AvgIpc) is 2.29. The fourth-order valence-electron chi connectivity index (χ4n) is 1.66. The number of carbonyl (C=O) groups is 1. The molecule has 0 radical (unpaired) electrons. The molecule has 1 nitrogen and oxygen atoms in total. The van der Waals surface area contributed by atoms with Gasteiger partial charge in [0, 0.05) is 11.1 Å². The Kier molecular flexibility index (Phi) is 3.51. The summed E-state index contributed by atoms with van der Waals surface area (Å²) < 4.78 is 0. The number of hydrogen-bond acceptors (Lipinski definition) is 1. The largest absolute Gasteiger partial charge is 0.295 e. The van der Waals surface area contributed by atoms with Gasteiger partial charge in [-0.25, -0.2) is 0 Å². The quantitative estimate of drug-likeness (QED) is 0.708. The van der Waals surface area contributed by atoms with Crippen LogP contribution in [0.15, 0.2) is 42.5 Å². The summed E-state index contributed by atoms with van der Waals surface area (Å²) in [5.41, 5.74) is 2.23. The molecular formula is C14H10Cl2O. The molecule has 0 atom stereocenters. The van der Waals surface area contributed by atoms with Gasteiger partial charge in [0.2, 0.25) is 0 Å². The Morgan fingerprint density at radius 3 is 2.00 bits per heavy atom. The highest BCUT2D eigenvalue weighted by molar-refractivity contribution is 6.39. The van der Waals surface area contributed by atoms with Gasteiger partial charge in [0.25, 0.3) is 0 Å². The van der Waals surface area contributed by atoms with Gasteiger partial charge in [-0.2, -0.15) is 0 Å². The standard InChI is InChI=1S/C14H10Cl2O/c1-9(17)11-7-12(15)14(13(16)8-11)10-5-3-2-4-6-10/h2-8H,1H3. The van der Waals surface area contributed by atoms with E-state index in [4.69, 9.17) is 23.2 Å². The Morgan fingerprint density at radius 2 is 1.53 bits per heavy atom. The molecule has 2 rings (SSSR count). The summed E-state index contributed by atoms with van der Waals surface area (Å²) >= 11 is 12.4. The van der Waals surface area contributed by atoms with Gasteiger partial charge in [0.05, 0.1) is 10.0 Å². The van der Waals surface area contributed by atoms with Gasteiger partial charge in [0.15, 0.2) is 5.78 Å². The first kappa shape index (κ1) is 12.2. The van der Waals surface area contributed by atoms with E-state index in [0.29, 0.717) is 15.6 Å². The second-order valence-electron chi connectivity index (χ2n) is 3.74. The van der Waals surface area contributed by atoms with Crippen molar-refractivity contribution in [2.45, 2.75) is 6.92 Å². The molecule has 0 aliphatic heterocycles. The summed E-state index contributed by atoms with van der Waals surface area (Å²) in [6.45, 7) is 1.49. The van der Waals surface area contributed by atoms with Crippen LogP contribution in [0.5, 0.6) is 0 Å². The van der Waals surface area contributed by atoms with E-state index in [0.717, 1.165) is 11.1 Å². The number of hydrogen-bond donors (Lipinski definition) is 0. The van der Waals surface area contributed by atoms with Crippen molar-refractivity contribution in [3.63, 3.8) is 0 Å². The number of carbonyl (C=O) groups excluding carboxylic acids is 1. The van der Waals surface area contributed by atoms with E-state index >= 15 is 0 Å². The van der Waals surface area contributed by atoms with Crippen molar-refractivity contribution in [2.24, 2.45) is 0 Å². The predicted molar refractivity (Wildman–Crippen MR) is 71.9 cm³/mol. The molecule has 17 heavy (non-hydrogen) atoms. The summed E-state index contributed by atoms with van der Waals surface area (Å²) in [7, 11) is 0. The first-order valence-electron chi connectivity index (χ1n) is 5.15. The molecule has 0 N–H and O–H groups in total. The highest BCUT2D eigenvalue weighted by Crippen LogP contribution is 2.35. The van der Waals surface area contributed by atoms with Crippen LogP contribution in [0.3, 0.4) is 0 Å². The minimum absolute atomic E-state index is 0.0478. The second-order valence-corrected chi connectivity index (χ2v) is 4.55. The molecule has 0 bridgehead atoms. The van der Waals surface area contributed by atoms with Crippen molar-refractivity contribution >= 4 is 29.0 Å². The van der Waals surface area contributed by atoms with Gasteiger partial charge in [-0.1, -0.05) is 53.5 Å². The van der Waals surface area contributed by atoms with Gasteiger partial charge in [0.1, 0.15) is 0 Å². The SMILES string of the molecule is CC(=O)c1cc(Cl)c(-c2ccccc2)c(Cl)c1. The molecule has 0 heterocycles. The highest BCUT2D eigenvalue weighted by Gasteiger charge is 2.11. The zero-order valence-electron chi connectivity index (χ0n) is 9.21. The van der Waals surface area contributed by atoms with Gasteiger partial charge < -0.3 is 0 Å². The lowest BCUT2D eigenvalue weighted by Crippen LogP contribution is -1.93. The second kappa shape index (κ2) is 4.91. The fourth-order valence-corrected chi connectivity index (χ4v) is 2.36. The molecule has 0 fully saturated rings. The van der Waals surface area contributed by atoms with Crippen LogP contribution in [0.25, 0.3) is 11.1 Å². The van der Waals surface area contributed by atoms with E-state index in [2.05, 4.69) is 0 Å². The third-order valence-corrected chi connectivity index (χ3v) is 3.11. The van der Waals surface area contributed by atoms with Crippen LogP contribution >= 0.6 is 23.2 Å². The van der Waals surface area contributed by atoms with Crippen LogP contribution < -0.4 is 0 Å². The van der Waals surface area contributed by atoms with Crippen LogP contribution in [0.4, 0.5) is 0 Å². The molecule has 2 aromatic carbocycles. The third kappa shape index (κ3) is 2.51. The monoisotopic (exact) mass is 264 g/mol. The summed E-state index contributed by atoms with van der Waals surface area (Å²) in [5, 5.41) is 0.989. The molecule has 86 valence electrons. The predicted octanol–water partition coefficient (Wildman–Crippen LogP) is 4.86. The van der Waals surface area contributed by atoms with Gasteiger partial charge in [-0.3, -0.25) is 4.79 Å². The summed E-state index contributed by atoms with van der Waals surface area (Å²) in [4.78, 5) is 11.3. The average molecular weight is 265 g/mol. The Hall–Kier alpha value is -1.31. The Morgan fingerprint density at radius 1 is 1.00 bits per heavy atom. The molecule has 0 aliphatic rings. The number of ketones is 1. The van der Waals surface area contributed by atoms with Crippen LogP contribution in [0, 0.1) is 0 Å². The van der Waals surface area contributed by atoms with E-state index in [9.17, 15) is 4.79 Å². The minimum Gasteiger partial charge on any atom is -0.295 e. The minimum atomic E-state index is -0.0478. The molecule has 0 amide bonds. The van der Waals surface area contributed by atoms with Crippen LogP contribution in [0.2, 0.25) is 10.0 Å². The van der Waals surface area contributed by atoms with E-state index in [-0.39, 0.29) is 5.78 Å². The van der Waals surface area contributed by atoms with Crippen LogP contribution in [-0.4, -0.2) is 5.78 Å². The molecule has 0 aromatic heterocycles. The summed E-state index contributed by atoms with van der Waals surface area (Å²) in [6.07, 6.45) is 0. The third-order valence-electron chi connectivity index (χ3n) is 2.51. The van der Waals surface area contributed by atoms with E-state index in [1.165, 1.54) is 6.92 Å². The van der Waals surface area contributed by atoms with Crippen molar-refractivity contribution in [3.8, 4) is 11.1 Å². The lowest BCUT2D eigenvalue weighted by Gasteiger charge is -2.08.